The highest BCUT2D eigenvalue weighted by atomic mass is 32.2. The summed E-state index contributed by atoms with van der Waals surface area (Å²) < 4.78 is 5.54. The van der Waals surface area contributed by atoms with Gasteiger partial charge in [0.15, 0.2) is 0 Å². The maximum atomic E-state index is 5.70. The maximum Gasteiger partial charge on any atom is 0.0560 e. The standard InChI is InChI=1S/C13H21NOS/c1-11(2)6-7-15-8-9-16-13-5-3-4-12(14)10-13/h3-5,10-11H,6-9,14H2,1-2H3. The van der Waals surface area contributed by atoms with Gasteiger partial charge in [-0.05, 0) is 30.5 Å². The van der Waals surface area contributed by atoms with E-state index in [1.54, 1.807) is 11.8 Å². The van der Waals surface area contributed by atoms with E-state index in [2.05, 4.69) is 19.9 Å². The lowest BCUT2D eigenvalue weighted by atomic mass is 10.1. The van der Waals surface area contributed by atoms with E-state index in [9.17, 15) is 0 Å². The molecule has 0 aliphatic carbocycles. The van der Waals surface area contributed by atoms with Crippen molar-refractivity contribution in [3.63, 3.8) is 0 Å². The van der Waals surface area contributed by atoms with Crippen LogP contribution in [-0.4, -0.2) is 19.0 Å². The minimum absolute atomic E-state index is 0.724. The zero-order valence-corrected chi connectivity index (χ0v) is 10.9. The second-order valence-corrected chi connectivity index (χ2v) is 5.38. The van der Waals surface area contributed by atoms with Gasteiger partial charge in [0.25, 0.3) is 0 Å². The Hall–Kier alpha value is -0.670. The molecule has 0 fully saturated rings. The molecule has 0 saturated heterocycles. The Morgan fingerprint density at radius 2 is 2.12 bits per heavy atom. The lowest BCUT2D eigenvalue weighted by Crippen LogP contribution is -2.02. The molecule has 0 heterocycles. The smallest absolute Gasteiger partial charge is 0.0560 e. The Morgan fingerprint density at radius 1 is 1.31 bits per heavy atom. The molecule has 0 aliphatic heterocycles. The van der Waals surface area contributed by atoms with Crippen LogP contribution in [-0.2, 0) is 4.74 Å². The van der Waals surface area contributed by atoms with E-state index in [0.717, 1.165) is 37.0 Å². The number of nitrogens with two attached hydrogens (primary N) is 1. The number of rotatable bonds is 7. The first-order valence-corrected chi connectivity index (χ1v) is 6.73. The quantitative estimate of drug-likeness (QED) is 0.450. The Bertz CT molecular complexity index is 302. The zero-order chi connectivity index (χ0) is 11.8. The summed E-state index contributed by atoms with van der Waals surface area (Å²) in [6, 6.07) is 7.97. The Balaban J connectivity index is 2.07. The first-order valence-electron chi connectivity index (χ1n) is 5.74. The predicted octanol–water partition coefficient (Wildman–Crippen LogP) is 3.42. The van der Waals surface area contributed by atoms with Gasteiger partial charge in [0, 0.05) is 22.9 Å². The number of nitrogen functional groups attached to an aromatic ring is 1. The summed E-state index contributed by atoms with van der Waals surface area (Å²) >= 11 is 1.79. The molecule has 0 spiro atoms. The third kappa shape index (κ3) is 6.03. The molecule has 2 nitrogen and oxygen atoms in total. The topological polar surface area (TPSA) is 35.2 Å². The van der Waals surface area contributed by atoms with E-state index < -0.39 is 0 Å². The Morgan fingerprint density at radius 3 is 2.81 bits per heavy atom. The van der Waals surface area contributed by atoms with Crippen LogP contribution in [0.3, 0.4) is 0 Å². The van der Waals surface area contributed by atoms with Crippen molar-refractivity contribution in [2.24, 2.45) is 5.92 Å². The van der Waals surface area contributed by atoms with Crippen molar-refractivity contribution in [3.05, 3.63) is 24.3 Å². The number of benzene rings is 1. The summed E-state index contributed by atoms with van der Waals surface area (Å²) in [4.78, 5) is 1.22. The second-order valence-electron chi connectivity index (χ2n) is 4.22. The lowest BCUT2D eigenvalue weighted by molar-refractivity contribution is 0.138. The maximum absolute atomic E-state index is 5.70. The van der Waals surface area contributed by atoms with E-state index in [1.807, 2.05) is 18.2 Å². The first-order chi connectivity index (χ1) is 7.68. The number of hydrogen-bond donors (Lipinski definition) is 1. The van der Waals surface area contributed by atoms with Gasteiger partial charge in [-0.3, -0.25) is 0 Å². The van der Waals surface area contributed by atoms with E-state index in [1.165, 1.54) is 4.90 Å². The molecule has 0 aliphatic rings. The van der Waals surface area contributed by atoms with Gasteiger partial charge in [0.2, 0.25) is 0 Å². The van der Waals surface area contributed by atoms with Crippen LogP contribution >= 0.6 is 11.8 Å². The van der Waals surface area contributed by atoms with Crippen LogP contribution in [0, 0.1) is 5.92 Å². The van der Waals surface area contributed by atoms with Gasteiger partial charge < -0.3 is 10.5 Å². The Labute approximate surface area is 103 Å². The van der Waals surface area contributed by atoms with E-state index in [4.69, 9.17) is 10.5 Å². The molecule has 0 saturated carbocycles. The van der Waals surface area contributed by atoms with Gasteiger partial charge in [0.1, 0.15) is 0 Å². The van der Waals surface area contributed by atoms with E-state index in [0.29, 0.717) is 0 Å². The zero-order valence-electron chi connectivity index (χ0n) is 10.1. The molecule has 2 N–H and O–H groups in total. The molecule has 1 aromatic carbocycles. The average Bonchev–Trinajstić information content (AvgIpc) is 2.23. The Kier molecular flexibility index (Phi) is 6.34. The molecule has 0 atom stereocenters. The van der Waals surface area contributed by atoms with Crippen molar-refractivity contribution in [2.75, 3.05) is 24.7 Å². The summed E-state index contributed by atoms with van der Waals surface area (Å²) in [5.41, 5.74) is 6.52. The van der Waals surface area contributed by atoms with Crippen molar-refractivity contribution < 1.29 is 4.74 Å². The van der Waals surface area contributed by atoms with Crippen LogP contribution in [0.5, 0.6) is 0 Å². The highest BCUT2D eigenvalue weighted by molar-refractivity contribution is 7.99. The number of anilines is 1. The van der Waals surface area contributed by atoms with Gasteiger partial charge in [-0.2, -0.15) is 0 Å². The molecular weight excluding hydrogens is 218 g/mol. The molecule has 0 unspecified atom stereocenters. The second kappa shape index (κ2) is 7.58. The van der Waals surface area contributed by atoms with Crippen LogP contribution in [0.15, 0.2) is 29.2 Å². The van der Waals surface area contributed by atoms with Crippen molar-refractivity contribution in [2.45, 2.75) is 25.2 Å². The number of hydrogen-bond acceptors (Lipinski definition) is 3. The molecule has 1 rings (SSSR count). The fourth-order valence-corrected chi connectivity index (χ4v) is 2.07. The van der Waals surface area contributed by atoms with Crippen molar-refractivity contribution in [1.29, 1.82) is 0 Å². The molecule has 3 heteroatoms. The largest absolute Gasteiger partial charge is 0.399 e. The summed E-state index contributed by atoms with van der Waals surface area (Å²) in [6.07, 6.45) is 1.14. The molecule has 90 valence electrons. The average molecular weight is 239 g/mol. The van der Waals surface area contributed by atoms with E-state index >= 15 is 0 Å². The van der Waals surface area contributed by atoms with Crippen LogP contribution < -0.4 is 5.73 Å². The first kappa shape index (κ1) is 13.4. The van der Waals surface area contributed by atoms with Crippen molar-refractivity contribution in [1.82, 2.24) is 0 Å². The van der Waals surface area contributed by atoms with Crippen LogP contribution in [0.2, 0.25) is 0 Å². The lowest BCUT2D eigenvalue weighted by Gasteiger charge is -2.06. The summed E-state index contributed by atoms with van der Waals surface area (Å²) in [5, 5.41) is 0. The number of thioether (sulfide) groups is 1. The van der Waals surface area contributed by atoms with Gasteiger partial charge in [-0.25, -0.2) is 0 Å². The minimum atomic E-state index is 0.724. The minimum Gasteiger partial charge on any atom is -0.399 e. The third-order valence-corrected chi connectivity index (χ3v) is 3.15. The van der Waals surface area contributed by atoms with Crippen LogP contribution in [0.1, 0.15) is 20.3 Å². The fraction of sp³-hybridized carbons (Fsp3) is 0.538. The summed E-state index contributed by atoms with van der Waals surface area (Å²) in [7, 11) is 0. The van der Waals surface area contributed by atoms with Crippen molar-refractivity contribution in [3.8, 4) is 0 Å². The van der Waals surface area contributed by atoms with Gasteiger partial charge in [0.05, 0.1) is 6.61 Å². The highest BCUT2D eigenvalue weighted by Gasteiger charge is 1.96. The molecule has 0 aromatic heterocycles. The fourth-order valence-electron chi connectivity index (χ4n) is 1.24. The molecular formula is C13H21NOS. The molecule has 0 amide bonds. The van der Waals surface area contributed by atoms with Crippen LogP contribution in [0.25, 0.3) is 0 Å². The summed E-state index contributed by atoms with van der Waals surface area (Å²) in [6.45, 7) is 6.11. The van der Waals surface area contributed by atoms with E-state index in [-0.39, 0.29) is 0 Å². The molecule has 0 radical (unpaired) electrons. The van der Waals surface area contributed by atoms with Crippen molar-refractivity contribution >= 4 is 17.4 Å². The predicted molar refractivity (Wildman–Crippen MR) is 71.9 cm³/mol. The molecule has 0 bridgehead atoms. The highest BCUT2D eigenvalue weighted by Crippen LogP contribution is 2.19. The van der Waals surface area contributed by atoms with Gasteiger partial charge in [-0.1, -0.05) is 19.9 Å². The molecule has 16 heavy (non-hydrogen) atoms. The monoisotopic (exact) mass is 239 g/mol. The van der Waals surface area contributed by atoms with Crippen LogP contribution in [0.4, 0.5) is 5.69 Å². The third-order valence-electron chi connectivity index (χ3n) is 2.19. The normalized spacial score (nSPS) is 10.9. The van der Waals surface area contributed by atoms with Gasteiger partial charge >= 0.3 is 0 Å². The summed E-state index contributed by atoms with van der Waals surface area (Å²) in [5.74, 6) is 1.71. The number of ether oxygens (including phenoxy) is 1. The SMILES string of the molecule is CC(C)CCOCCSc1cccc(N)c1. The molecule has 1 aromatic rings. The van der Waals surface area contributed by atoms with Gasteiger partial charge in [-0.15, -0.1) is 11.8 Å².